The Kier molecular flexibility index (Phi) is 6.46. The number of carbonyl (C=O) groups is 2. The second kappa shape index (κ2) is 8.61. The van der Waals surface area contributed by atoms with Crippen molar-refractivity contribution in [3.63, 3.8) is 0 Å². The third-order valence-corrected chi connectivity index (χ3v) is 5.68. The number of carbonyl (C=O) groups excluding carboxylic acids is 2. The van der Waals surface area contributed by atoms with Crippen LogP contribution in [0.1, 0.15) is 46.3 Å². The highest BCUT2D eigenvalue weighted by atomic mass is 35.5. The first kappa shape index (κ1) is 23.3. The van der Waals surface area contributed by atoms with Gasteiger partial charge in [0.2, 0.25) is 6.10 Å². The molecule has 2 aromatic carbocycles. The maximum absolute atomic E-state index is 14.8. The van der Waals surface area contributed by atoms with Crippen LogP contribution in [-0.2, 0) is 23.6 Å². The lowest BCUT2D eigenvalue weighted by Crippen LogP contribution is -2.41. The van der Waals surface area contributed by atoms with E-state index in [4.69, 9.17) is 25.6 Å². The van der Waals surface area contributed by atoms with Crippen LogP contribution < -0.4 is 10.8 Å². The Labute approximate surface area is 186 Å². The van der Waals surface area contributed by atoms with Crippen molar-refractivity contribution in [2.75, 3.05) is 5.32 Å². The lowest BCUT2D eigenvalue weighted by atomic mass is 9.78. The first-order valence-electron chi connectivity index (χ1n) is 9.78. The van der Waals surface area contributed by atoms with Crippen molar-refractivity contribution in [3.05, 3.63) is 58.9 Å². The lowest BCUT2D eigenvalue weighted by Gasteiger charge is -2.32. The molecule has 1 heterocycles. The second-order valence-electron chi connectivity index (χ2n) is 8.36. The topological polar surface area (TPSA) is 73.9 Å². The average Bonchev–Trinajstić information content (AvgIpc) is 2.86. The summed E-state index contributed by atoms with van der Waals surface area (Å²) in [5, 5.41) is 2.96. The van der Waals surface area contributed by atoms with E-state index >= 15 is 0 Å². The van der Waals surface area contributed by atoms with Crippen molar-refractivity contribution >= 4 is 41.7 Å². The molecule has 31 heavy (non-hydrogen) atoms. The number of ether oxygens (including phenoxy) is 1. The summed E-state index contributed by atoms with van der Waals surface area (Å²) in [6, 6.07) is 10.6. The van der Waals surface area contributed by atoms with Crippen molar-refractivity contribution in [1.82, 2.24) is 0 Å². The Morgan fingerprint density at radius 1 is 1.10 bits per heavy atom. The van der Waals surface area contributed by atoms with Crippen LogP contribution in [0.4, 0.5) is 10.1 Å². The summed E-state index contributed by atoms with van der Waals surface area (Å²) < 4.78 is 31.8. The molecule has 1 aliphatic heterocycles. The van der Waals surface area contributed by atoms with Gasteiger partial charge in [0, 0.05) is 28.7 Å². The fraction of sp³-hybridized carbons (Fsp3) is 0.364. The van der Waals surface area contributed by atoms with E-state index in [0.717, 1.165) is 0 Å². The van der Waals surface area contributed by atoms with Crippen molar-refractivity contribution in [3.8, 4) is 0 Å². The van der Waals surface area contributed by atoms with E-state index in [-0.39, 0.29) is 11.2 Å². The summed E-state index contributed by atoms with van der Waals surface area (Å²) in [7, 11) is -0.866. The normalized spacial score (nSPS) is 17.8. The van der Waals surface area contributed by atoms with Crippen LogP contribution in [0, 0.1) is 5.82 Å². The first-order chi connectivity index (χ1) is 14.4. The quantitative estimate of drug-likeness (QED) is 0.553. The van der Waals surface area contributed by atoms with E-state index in [1.165, 1.54) is 31.2 Å². The molecule has 1 N–H and O–H groups in total. The van der Waals surface area contributed by atoms with E-state index in [0.29, 0.717) is 10.6 Å². The van der Waals surface area contributed by atoms with Crippen LogP contribution in [0.25, 0.3) is 0 Å². The SMILES string of the molecule is CC(=O)OC(C(=O)Nc1ccc(B2OC(C)(C)C(C)(C)O2)c(F)c1)c1cccc(Cl)c1. The van der Waals surface area contributed by atoms with Crippen molar-refractivity contribution < 1.29 is 28.0 Å². The number of halogens is 2. The molecule has 0 bridgehead atoms. The predicted molar refractivity (Wildman–Crippen MR) is 117 cm³/mol. The van der Waals surface area contributed by atoms with E-state index in [9.17, 15) is 14.0 Å². The molecule has 0 saturated carbocycles. The summed E-state index contributed by atoms with van der Waals surface area (Å²) >= 11 is 5.99. The highest BCUT2D eigenvalue weighted by Gasteiger charge is 2.52. The molecule has 1 unspecified atom stereocenters. The number of rotatable bonds is 5. The zero-order valence-corrected chi connectivity index (χ0v) is 18.7. The molecule has 1 saturated heterocycles. The first-order valence-corrected chi connectivity index (χ1v) is 10.2. The van der Waals surface area contributed by atoms with Gasteiger partial charge in [-0.1, -0.05) is 29.8 Å². The molecule has 9 heteroatoms. The number of amides is 1. The summed E-state index contributed by atoms with van der Waals surface area (Å²) in [5.41, 5.74) is -0.393. The maximum atomic E-state index is 14.8. The maximum Gasteiger partial charge on any atom is 0.497 e. The summed E-state index contributed by atoms with van der Waals surface area (Å²) in [5.74, 6) is -1.87. The third-order valence-electron chi connectivity index (χ3n) is 5.45. The summed E-state index contributed by atoms with van der Waals surface area (Å²) in [6.45, 7) is 8.72. The highest BCUT2D eigenvalue weighted by molar-refractivity contribution is 6.62. The molecule has 2 aromatic rings. The summed E-state index contributed by atoms with van der Waals surface area (Å²) in [4.78, 5) is 24.3. The molecule has 164 valence electrons. The minimum Gasteiger partial charge on any atom is -0.447 e. The standard InChI is InChI=1S/C22H24BClFNO5/c1-13(27)29-19(14-7-6-8-15(24)11-14)20(28)26-16-9-10-17(18(25)12-16)23-30-21(2,3)22(4,5)31-23/h6-12,19H,1-5H3,(H,26,28). The van der Waals surface area contributed by atoms with Crippen LogP contribution in [-0.4, -0.2) is 30.2 Å². The van der Waals surface area contributed by atoms with Gasteiger partial charge in [0.1, 0.15) is 5.82 Å². The number of esters is 1. The molecule has 1 fully saturated rings. The number of hydrogen-bond acceptors (Lipinski definition) is 5. The fourth-order valence-electron chi connectivity index (χ4n) is 3.08. The molecule has 1 atom stereocenters. The van der Waals surface area contributed by atoms with Crippen LogP contribution in [0.3, 0.4) is 0 Å². The van der Waals surface area contributed by atoms with Gasteiger partial charge in [-0.3, -0.25) is 9.59 Å². The molecule has 1 aliphatic rings. The van der Waals surface area contributed by atoms with E-state index in [2.05, 4.69) is 5.32 Å². The molecule has 0 radical (unpaired) electrons. The van der Waals surface area contributed by atoms with Gasteiger partial charge in [-0.05, 0) is 52.0 Å². The fourth-order valence-corrected chi connectivity index (χ4v) is 3.28. The van der Waals surface area contributed by atoms with Crippen molar-refractivity contribution in [1.29, 1.82) is 0 Å². The molecule has 0 spiro atoms. The number of benzene rings is 2. The van der Waals surface area contributed by atoms with Gasteiger partial charge in [0.25, 0.3) is 5.91 Å². The molecular weight excluding hydrogens is 424 g/mol. The Hall–Kier alpha value is -2.42. The largest absolute Gasteiger partial charge is 0.497 e. The number of nitrogens with one attached hydrogen (secondary N) is 1. The van der Waals surface area contributed by atoms with Crippen LogP contribution >= 0.6 is 11.6 Å². The van der Waals surface area contributed by atoms with Gasteiger partial charge in [-0.2, -0.15) is 0 Å². The van der Waals surface area contributed by atoms with Gasteiger partial charge in [-0.15, -0.1) is 0 Å². The monoisotopic (exact) mass is 447 g/mol. The zero-order valence-electron chi connectivity index (χ0n) is 18.0. The second-order valence-corrected chi connectivity index (χ2v) is 8.79. The molecule has 0 aliphatic carbocycles. The average molecular weight is 448 g/mol. The smallest absolute Gasteiger partial charge is 0.447 e. The zero-order chi connectivity index (χ0) is 23.0. The minimum absolute atomic E-state index is 0.196. The van der Waals surface area contributed by atoms with Crippen LogP contribution in [0.2, 0.25) is 5.02 Å². The van der Waals surface area contributed by atoms with Gasteiger partial charge < -0.3 is 19.4 Å². The van der Waals surface area contributed by atoms with Gasteiger partial charge in [0.15, 0.2) is 0 Å². The number of hydrogen-bond donors (Lipinski definition) is 1. The molecular formula is C22H24BClFNO5. The van der Waals surface area contributed by atoms with E-state index < -0.39 is 42.1 Å². The van der Waals surface area contributed by atoms with Gasteiger partial charge >= 0.3 is 13.1 Å². The molecule has 0 aromatic heterocycles. The van der Waals surface area contributed by atoms with Crippen molar-refractivity contribution in [2.45, 2.75) is 51.9 Å². The van der Waals surface area contributed by atoms with Gasteiger partial charge in [0.05, 0.1) is 11.2 Å². The molecule has 3 rings (SSSR count). The Bertz CT molecular complexity index is 997. The lowest BCUT2D eigenvalue weighted by molar-refractivity contribution is -0.152. The number of anilines is 1. The van der Waals surface area contributed by atoms with Gasteiger partial charge in [-0.25, -0.2) is 4.39 Å². The van der Waals surface area contributed by atoms with E-state index in [1.54, 1.807) is 18.2 Å². The molecule has 1 amide bonds. The highest BCUT2D eigenvalue weighted by Crippen LogP contribution is 2.36. The van der Waals surface area contributed by atoms with Crippen LogP contribution in [0.15, 0.2) is 42.5 Å². The third kappa shape index (κ3) is 5.09. The Balaban J connectivity index is 1.80. The predicted octanol–water partition coefficient (Wildman–Crippen LogP) is 4.02. The molecule has 6 nitrogen and oxygen atoms in total. The minimum atomic E-state index is -1.23. The van der Waals surface area contributed by atoms with E-state index in [1.807, 2.05) is 27.7 Å². The van der Waals surface area contributed by atoms with Crippen molar-refractivity contribution in [2.24, 2.45) is 0 Å². The Morgan fingerprint density at radius 2 is 1.74 bits per heavy atom. The van der Waals surface area contributed by atoms with Crippen LogP contribution in [0.5, 0.6) is 0 Å². The Morgan fingerprint density at radius 3 is 2.29 bits per heavy atom. The summed E-state index contributed by atoms with van der Waals surface area (Å²) in [6.07, 6.45) is -1.23.